The molecule has 0 aliphatic heterocycles. The van der Waals surface area contributed by atoms with Gasteiger partial charge in [0.15, 0.2) is 0 Å². The Morgan fingerprint density at radius 3 is 2.92 bits per heavy atom. The smallest absolute Gasteiger partial charge is 0.390 e. The molecule has 0 saturated carbocycles. The van der Waals surface area contributed by atoms with E-state index in [9.17, 15) is 10.1 Å². The van der Waals surface area contributed by atoms with Crippen molar-refractivity contribution in [3.05, 3.63) is 15.9 Å². The first-order valence-electron chi connectivity index (χ1n) is 3.14. The van der Waals surface area contributed by atoms with E-state index in [0.717, 1.165) is 0 Å². The molecule has 0 atom stereocenters. The Morgan fingerprint density at radius 1 is 1.83 bits per heavy atom. The summed E-state index contributed by atoms with van der Waals surface area (Å²) >= 11 is 0. The average Bonchev–Trinajstić information content (AvgIpc) is 2.34. The predicted molar refractivity (Wildman–Crippen MR) is 40.2 cm³/mol. The molecule has 0 aliphatic rings. The molecule has 6 nitrogen and oxygen atoms in total. The summed E-state index contributed by atoms with van der Waals surface area (Å²) in [5.41, 5.74) is 0. The molecule has 6 heteroatoms. The van der Waals surface area contributed by atoms with Gasteiger partial charge in [-0.05, 0) is 9.91 Å². The molecule has 0 amide bonds. The highest BCUT2D eigenvalue weighted by Gasteiger charge is 2.16. The van der Waals surface area contributed by atoms with Gasteiger partial charge in [0.2, 0.25) is 5.82 Å². The van der Waals surface area contributed by atoms with Crippen molar-refractivity contribution in [3.8, 4) is 12.3 Å². The number of nitrogens with zero attached hydrogens (tertiary/aromatic N) is 4. The van der Waals surface area contributed by atoms with Crippen molar-refractivity contribution >= 4 is 5.95 Å². The van der Waals surface area contributed by atoms with Crippen molar-refractivity contribution in [2.75, 3.05) is 0 Å². The third-order valence-electron chi connectivity index (χ3n) is 1.25. The maximum Gasteiger partial charge on any atom is 0.491 e. The fourth-order valence-corrected chi connectivity index (χ4v) is 0.719. The number of hydrogen-bond acceptors (Lipinski definition) is 4. The molecule has 0 unspecified atom stereocenters. The van der Waals surface area contributed by atoms with Gasteiger partial charge < -0.3 is 10.1 Å². The van der Waals surface area contributed by atoms with Gasteiger partial charge in [-0.2, -0.15) is 4.68 Å². The Morgan fingerprint density at radius 2 is 2.50 bits per heavy atom. The van der Waals surface area contributed by atoms with Crippen LogP contribution in [0.1, 0.15) is 5.82 Å². The van der Waals surface area contributed by atoms with Crippen molar-refractivity contribution in [1.29, 1.82) is 0 Å². The minimum atomic E-state index is -0.653. The Bertz CT molecular complexity index is 349. The number of nitro groups is 1. The fraction of sp³-hybridized carbons (Fsp3) is 0.333. The zero-order valence-electron chi connectivity index (χ0n) is 6.39. The van der Waals surface area contributed by atoms with Gasteiger partial charge in [-0.3, -0.25) is 0 Å². The third kappa shape index (κ3) is 1.40. The molecular formula is C6H6N4O2. The van der Waals surface area contributed by atoms with E-state index in [4.69, 9.17) is 6.42 Å². The third-order valence-corrected chi connectivity index (χ3v) is 1.25. The van der Waals surface area contributed by atoms with Crippen LogP contribution in [0.2, 0.25) is 0 Å². The first kappa shape index (κ1) is 8.20. The molecule has 1 heterocycles. The lowest BCUT2D eigenvalue weighted by molar-refractivity contribution is -0.394. The van der Waals surface area contributed by atoms with Crippen LogP contribution in [0.5, 0.6) is 0 Å². The van der Waals surface area contributed by atoms with E-state index in [1.54, 1.807) is 6.92 Å². The van der Waals surface area contributed by atoms with Crippen LogP contribution in [0.25, 0.3) is 0 Å². The molecular weight excluding hydrogens is 160 g/mol. The fourth-order valence-electron chi connectivity index (χ4n) is 0.719. The summed E-state index contributed by atoms with van der Waals surface area (Å²) in [6, 6.07) is 0. The Balaban J connectivity index is 3.02. The van der Waals surface area contributed by atoms with Crippen LogP contribution >= 0.6 is 0 Å². The van der Waals surface area contributed by atoms with Crippen LogP contribution in [0.15, 0.2) is 0 Å². The maximum atomic E-state index is 10.2. The number of terminal acetylenes is 1. The quantitative estimate of drug-likeness (QED) is 0.355. The molecule has 1 aromatic rings. The summed E-state index contributed by atoms with van der Waals surface area (Å²) < 4.78 is 1.30. The van der Waals surface area contributed by atoms with E-state index in [0.29, 0.717) is 5.82 Å². The normalized spacial score (nSPS) is 9.33. The monoisotopic (exact) mass is 166 g/mol. The van der Waals surface area contributed by atoms with Gasteiger partial charge in [0, 0.05) is 12.0 Å². The van der Waals surface area contributed by atoms with Gasteiger partial charge >= 0.3 is 5.95 Å². The lowest BCUT2D eigenvalue weighted by atomic mass is 10.6. The topological polar surface area (TPSA) is 73.8 Å². The highest BCUT2D eigenvalue weighted by Crippen LogP contribution is 2.03. The van der Waals surface area contributed by atoms with Gasteiger partial charge in [0.1, 0.15) is 6.54 Å². The molecule has 0 N–H and O–H groups in total. The molecule has 0 saturated heterocycles. The molecule has 0 aliphatic carbocycles. The molecule has 62 valence electrons. The number of aromatic nitrogens is 3. The molecule has 0 radical (unpaired) electrons. The van der Waals surface area contributed by atoms with Gasteiger partial charge in [-0.1, -0.05) is 5.92 Å². The van der Waals surface area contributed by atoms with E-state index in [2.05, 4.69) is 16.0 Å². The standard InChI is InChI=1S/C6H6N4O2/c1-3-4-9-5(2)7-6(8-9)10(11)12/h1H,4H2,2H3. The van der Waals surface area contributed by atoms with Crippen LogP contribution in [0.3, 0.4) is 0 Å². The summed E-state index contributed by atoms with van der Waals surface area (Å²) in [5, 5.41) is 13.7. The van der Waals surface area contributed by atoms with Crippen molar-refractivity contribution in [2.45, 2.75) is 13.5 Å². The van der Waals surface area contributed by atoms with Gasteiger partial charge in [-0.15, -0.1) is 6.42 Å². The second-order valence-corrected chi connectivity index (χ2v) is 2.08. The van der Waals surface area contributed by atoms with Crippen molar-refractivity contribution in [1.82, 2.24) is 14.8 Å². The second-order valence-electron chi connectivity index (χ2n) is 2.08. The van der Waals surface area contributed by atoms with E-state index in [-0.39, 0.29) is 6.54 Å². The molecule has 12 heavy (non-hydrogen) atoms. The first-order chi connectivity index (χ1) is 5.65. The van der Waals surface area contributed by atoms with Crippen molar-refractivity contribution in [3.63, 3.8) is 0 Å². The van der Waals surface area contributed by atoms with Crippen molar-refractivity contribution in [2.24, 2.45) is 0 Å². The zero-order valence-corrected chi connectivity index (χ0v) is 6.39. The van der Waals surface area contributed by atoms with Crippen LogP contribution in [0, 0.1) is 29.4 Å². The van der Waals surface area contributed by atoms with Gasteiger partial charge in [0.05, 0.1) is 0 Å². The molecule has 1 aromatic heterocycles. The SMILES string of the molecule is C#CCn1nc([N+](=O)[O-])nc1C. The number of hydrogen-bond donors (Lipinski definition) is 0. The minimum absolute atomic E-state index is 0.201. The highest BCUT2D eigenvalue weighted by molar-refractivity contribution is 5.04. The van der Waals surface area contributed by atoms with Crippen LogP contribution in [-0.4, -0.2) is 19.7 Å². The average molecular weight is 166 g/mol. The number of aryl methyl sites for hydroxylation is 1. The van der Waals surface area contributed by atoms with Crippen LogP contribution < -0.4 is 0 Å². The summed E-state index contributed by atoms with van der Waals surface area (Å²) in [7, 11) is 0. The van der Waals surface area contributed by atoms with Crippen LogP contribution in [-0.2, 0) is 6.54 Å². The highest BCUT2D eigenvalue weighted by atomic mass is 16.6. The van der Waals surface area contributed by atoms with Crippen LogP contribution in [0.4, 0.5) is 5.95 Å². The summed E-state index contributed by atoms with van der Waals surface area (Å²) in [6.45, 7) is 1.81. The maximum absolute atomic E-state index is 10.2. The second kappa shape index (κ2) is 3.00. The van der Waals surface area contributed by atoms with Crippen molar-refractivity contribution < 1.29 is 4.92 Å². The largest absolute Gasteiger partial charge is 0.491 e. The van der Waals surface area contributed by atoms with E-state index < -0.39 is 10.9 Å². The number of rotatable bonds is 2. The molecule has 0 bridgehead atoms. The lowest BCUT2D eigenvalue weighted by Gasteiger charge is -1.86. The summed E-state index contributed by atoms with van der Waals surface area (Å²) in [6.07, 6.45) is 5.01. The Kier molecular flexibility index (Phi) is 2.05. The van der Waals surface area contributed by atoms with Gasteiger partial charge in [-0.25, -0.2) is 0 Å². The van der Waals surface area contributed by atoms with Gasteiger partial charge in [0.25, 0.3) is 0 Å². The minimum Gasteiger partial charge on any atom is -0.390 e. The van der Waals surface area contributed by atoms with E-state index in [1.807, 2.05) is 0 Å². The Hall–Kier alpha value is -1.90. The lowest BCUT2D eigenvalue weighted by Crippen LogP contribution is -2.00. The predicted octanol–water partition coefficient (Wildman–Crippen LogP) is 0.128. The molecule has 0 fully saturated rings. The Labute approximate surface area is 68.4 Å². The zero-order chi connectivity index (χ0) is 9.14. The van der Waals surface area contributed by atoms with E-state index >= 15 is 0 Å². The summed E-state index contributed by atoms with van der Waals surface area (Å²) in [5.74, 6) is 2.34. The summed E-state index contributed by atoms with van der Waals surface area (Å²) in [4.78, 5) is 13.1. The molecule has 0 aromatic carbocycles. The first-order valence-corrected chi connectivity index (χ1v) is 3.14. The molecule has 1 rings (SSSR count). The molecule has 0 spiro atoms. The van der Waals surface area contributed by atoms with E-state index in [1.165, 1.54) is 4.68 Å².